The number of rotatable bonds is 5. The molecule has 1 aromatic carbocycles. The molecule has 2 aromatic heterocycles. The molecule has 1 aliphatic rings. The van der Waals surface area contributed by atoms with Crippen molar-refractivity contribution in [2.75, 3.05) is 11.9 Å². The van der Waals surface area contributed by atoms with Gasteiger partial charge in [-0.3, -0.25) is 14.9 Å². The molecule has 0 spiro atoms. The number of hydrogen-bond acceptors (Lipinski definition) is 6. The summed E-state index contributed by atoms with van der Waals surface area (Å²) in [7, 11) is 0. The molecular formula is C20H17N4O4S+. The summed E-state index contributed by atoms with van der Waals surface area (Å²) < 4.78 is 4.94. The fourth-order valence-electron chi connectivity index (χ4n) is 3.49. The van der Waals surface area contributed by atoms with E-state index in [0.717, 1.165) is 42.6 Å². The summed E-state index contributed by atoms with van der Waals surface area (Å²) in [5, 5.41) is 23.5. The van der Waals surface area contributed by atoms with E-state index in [1.54, 1.807) is 0 Å². The first kappa shape index (κ1) is 18.9. The Labute approximate surface area is 170 Å². The molecule has 0 bridgehead atoms. The number of nitriles is 1. The summed E-state index contributed by atoms with van der Waals surface area (Å²) in [6.45, 7) is 2.59. The lowest BCUT2D eigenvalue weighted by Crippen LogP contribution is -3.10. The van der Waals surface area contributed by atoms with Gasteiger partial charge in [-0.2, -0.15) is 5.26 Å². The number of anilines is 1. The van der Waals surface area contributed by atoms with Crippen molar-refractivity contribution in [2.24, 2.45) is 0 Å². The average Bonchev–Trinajstić information content (AvgIpc) is 3.33. The van der Waals surface area contributed by atoms with Gasteiger partial charge in [-0.1, -0.05) is 30.3 Å². The van der Waals surface area contributed by atoms with Crippen molar-refractivity contribution in [3.05, 3.63) is 79.9 Å². The molecule has 3 heterocycles. The van der Waals surface area contributed by atoms with E-state index in [2.05, 4.69) is 23.5 Å². The van der Waals surface area contributed by atoms with Crippen molar-refractivity contribution in [3.8, 4) is 6.07 Å². The molecule has 3 aromatic rings. The average molecular weight is 409 g/mol. The Morgan fingerprint density at radius 3 is 2.79 bits per heavy atom. The molecule has 0 saturated heterocycles. The van der Waals surface area contributed by atoms with Crippen molar-refractivity contribution < 1.29 is 19.0 Å². The third-order valence-electron chi connectivity index (χ3n) is 4.86. The first-order valence-electron chi connectivity index (χ1n) is 9.03. The molecule has 0 radical (unpaired) electrons. The topological polar surface area (TPSA) is 114 Å². The van der Waals surface area contributed by atoms with E-state index in [9.17, 15) is 20.2 Å². The number of nitrogens with one attached hydrogen (secondary N) is 2. The Kier molecular flexibility index (Phi) is 5.12. The maximum absolute atomic E-state index is 12.4. The molecule has 4 rings (SSSR count). The van der Waals surface area contributed by atoms with E-state index in [1.807, 2.05) is 18.2 Å². The Bertz CT molecular complexity index is 1110. The number of fused-ring (bicyclic) bond motifs is 1. The van der Waals surface area contributed by atoms with Crippen LogP contribution >= 0.6 is 11.3 Å². The van der Waals surface area contributed by atoms with Crippen LogP contribution in [0.1, 0.15) is 32.1 Å². The Morgan fingerprint density at radius 2 is 2.10 bits per heavy atom. The van der Waals surface area contributed by atoms with E-state index < -0.39 is 16.7 Å². The van der Waals surface area contributed by atoms with Crippen LogP contribution in [0, 0.1) is 21.4 Å². The monoisotopic (exact) mass is 409 g/mol. The number of benzene rings is 1. The van der Waals surface area contributed by atoms with Crippen molar-refractivity contribution >= 4 is 28.1 Å². The predicted octanol–water partition coefficient (Wildman–Crippen LogP) is 2.51. The van der Waals surface area contributed by atoms with Crippen LogP contribution in [0.25, 0.3) is 0 Å². The number of furan rings is 1. The molecule has 8 nitrogen and oxygen atoms in total. The van der Waals surface area contributed by atoms with Gasteiger partial charge in [0.1, 0.15) is 29.1 Å². The first-order valence-corrected chi connectivity index (χ1v) is 9.84. The number of thiophene rings is 1. The highest BCUT2D eigenvalue weighted by atomic mass is 32.1. The minimum absolute atomic E-state index is 0.164. The molecular weight excluding hydrogens is 392 g/mol. The highest BCUT2D eigenvalue weighted by Crippen LogP contribution is 2.34. The third-order valence-corrected chi connectivity index (χ3v) is 6.01. The number of nitro groups is 1. The Hall–Kier alpha value is -3.48. The fraction of sp³-hybridized carbons (Fsp3) is 0.200. The fourth-order valence-corrected chi connectivity index (χ4v) is 4.76. The number of quaternary nitrogens is 1. The molecule has 0 aliphatic carbocycles. The van der Waals surface area contributed by atoms with Crippen molar-refractivity contribution in [1.82, 2.24) is 0 Å². The van der Waals surface area contributed by atoms with E-state index >= 15 is 0 Å². The number of carbonyl (C=O) groups is 1. The SMILES string of the molecule is N#Cc1c(NC(=O)c2ccc([N+](=O)[O-])o2)sc2c1CC[NH+](Cc1ccccc1)C2. The van der Waals surface area contributed by atoms with E-state index in [0.29, 0.717) is 10.6 Å². The number of carbonyl (C=O) groups excluding carboxylic acids is 1. The number of hydrogen-bond donors (Lipinski definition) is 2. The molecule has 9 heteroatoms. The summed E-state index contributed by atoms with van der Waals surface area (Å²) in [4.78, 5) is 24.9. The van der Waals surface area contributed by atoms with Crippen molar-refractivity contribution in [2.45, 2.75) is 19.5 Å². The highest BCUT2D eigenvalue weighted by molar-refractivity contribution is 7.16. The minimum Gasteiger partial charge on any atom is -0.395 e. The minimum atomic E-state index is -0.703. The maximum atomic E-state index is 12.4. The predicted molar refractivity (Wildman–Crippen MR) is 106 cm³/mol. The molecule has 1 aliphatic heterocycles. The molecule has 0 fully saturated rings. The lowest BCUT2D eigenvalue weighted by atomic mass is 10.0. The summed E-state index contributed by atoms with van der Waals surface area (Å²) in [5.74, 6) is -1.27. The van der Waals surface area contributed by atoms with Gasteiger partial charge < -0.3 is 14.6 Å². The van der Waals surface area contributed by atoms with Gasteiger partial charge in [0.05, 0.1) is 23.1 Å². The zero-order valence-corrected chi connectivity index (χ0v) is 16.1. The van der Waals surface area contributed by atoms with Crippen LogP contribution in [0.15, 0.2) is 46.9 Å². The second kappa shape index (κ2) is 7.87. The van der Waals surface area contributed by atoms with Crippen LogP contribution in [0.3, 0.4) is 0 Å². The van der Waals surface area contributed by atoms with Crippen molar-refractivity contribution in [3.63, 3.8) is 0 Å². The van der Waals surface area contributed by atoms with Gasteiger partial charge in [0, 0.05) is 12.0 Å². The lowest BCUT2D eigenvalue weighted by molar-refractivity contribution is -0.929. The molecule has 1 amide bonds. The first-order chi connectivity index (χ1) is 14.0. The molecule has 1 atom stereocenters. The maximum Gasteiger partial charge on any atom is 0.433 e. The summed E-state index contributed by atoms with van der Waals surface area (Å²) in [6.07, 6.45) is 0.763. The molecule has 2 N–H and O–H groups in total. The molecule has 1 unspecified atom stereocenters. The number of amides is 1. The summed E-state index contributed by atoms with van der Waals surface area (Å²) in [5.41, 5.74) is 2.71. The van der Waals surface area contributed by atoms with Crippen LogP contribution in [0.4, 0.5) is 10.9 Å². The third kappa shape index (κ3) is 3.89. The van der Waals surface area contributed by atoms with E-state index in [4.69, 9.17) is 4.42 Å². The van der Waals surface area contributed by atoms with Crippen LogP contribution in [-0.4, -0.2) is 17.4 Å². The van der Waals surface area contributed by atoms with E-state index in [-0.39, 0.29) is 5.76 Å². The zero-order chi connectivity index (χ0) is 20.4. The van der Waals surface area contributed by atoms with Crippen LogP contribution in [0.2, 0.25) is 0 Å². The van der Waals surface area contributed by atoms with Gasteiger partial charge in [-0.05, 0) is 11.6 Å². The quantitative estimate of drug-likeness (QED) is 0.496. The highest BCUT2D eigenvalue weighted by Gasteiger charge is 2.28. The second-order valence-corrected chi connectivity index (χ2v) is 7.86. The van der Waals surface area contributed by atoms with Crippen molar-refractivity contribution in [1.29, 1.82) is 5.26 Å². The van der Waals surface area contributed by atoms with Gasteiger partial charge >= 0.3 is 5.88 Å². The number of nitrogens with zero attached hydrogens (tertiary/aromatic N) is 2. The Morgan fingerprint density at radius 1 is 1.31 bits per heavy atom. The van der Waals surface area contributed by atoms with Gasteiger partial charge in [0.2, 0.25) is 0 Å². The van der Waals surface area contributed by atoms with Crippen LogP contribution in [0.5, 0.6) is 0 Å². The van der Waals surface area contributed by atoms with Gasteiger partial charge in [-0.25, -0.2) is 0 Å². The molecule has 0 saturated carbocycles. The molecule has 29 heavy (non-hydrogen) atoms. The lowest BCUT2D eigenvalue weighted by Gasteiger charge is -2.23. The van der Waals surface area contributed by atoms with Gasteiger partial charge in [0.15, 0.2) is 5.76 Å². The van der Waals surface area contributed by atoms with Crippen LogP contribution < -0.4 is 10.2 Å². The summed E-state index contributed by atoms with van der Waals surface area (Å²) in [6, 6.07) is 14.8. The standard InChI is InChI=1S/C20H16N4O4S/c21-10-15-14-8-9-23(11-13-4-2-1-3-5-13)12-17(14)29-20(15)22-19(25)16-6-7-18(28-16)24(26)27/h1-7H,8-9,11-12H2,(H,22,25)/p+1. The second-order valence-electron chi connectivity index (χ2n) is 6.76. The van der Waals surface area contributed by atoms with E-state index in [1.165, 1.54) is 27.9 Å². The van der Waals surface area contributed by atoms with Gasteiger partial charge in [-0.15, -0.1) is 11.3 Å². The Balaban J connectivity index is 1.52. The normalized spacial score (nSPS) is 15.3. The summed E-state index contributed by atoms with van der Waals surface area (Å²) >= 11 is 1.39. The molecule has 146 valence electrons. The zero-order valence-electron chi connectivity index (χ0n) is 15.3. The van der Waals surface area contributed by atoms with Crippen LogP contribution in [-0.2, 0) is 19.5 Å². The largest absolute Gasteiger partial charge is 0.433 e. The van der Waals surface area contributed by atoms with Gasteiger partial charge in [0.25, 0.3) is 5.91 Å². The smallest absolute Gasteiger partial charge is 0.395 e.